The van der Waals surface area contributed by atoms with E-state index >= 15 is 0 Å². The lowest BCUT2D eigenvalue weighted by Crippen LogP contribution is -2.09. The number of esters is 1. The number of carbonyl (C=O) groups excluding carboxylic acids is 1. The second kappa shape index (κ2) is 8.31. The van der Waals surface area contributed by atoms with Gasteiger partial charge in [-0.1, -0.05) is 18.2 Å². The molecule has 1 heterocycles. The fourth-order valence-corrected chi connectivity index (χ4v) is 2.89. The Morgan fingerprint density at radius 1 is 1.11 bits per heavy atom. The van der Waals surface area contributed by atoms with Gasteiger partial charge in [0.2, 0.25) is 0 Å². The van der Waals surface area contributed by atoms with E-state index in [2.05, 4.69) is 9.84 Å². The van der Waals surface area contributed by atoms with E-state index in [4.69, 9.17) is 4.74 Å². The van der Waals surface area contributed by atoms with Crippen molar-refractivity contribution >= 4 is 5.97 Å². The van der Waals surface area contributed by atoms with Gasteiger partial charge in [0.05, 0.1) is 18.9 Å². The van der Waals surface area contributed by atoms with Crippen molar-refractivity contribution in [1.29, 1.82) is 0 Å². The van der Waals surface area contributed by atoms with Gasteiger partial charge in [0, 0.05) is 23.9 Å². The number of aromatic nitrogens is 2. The minimum Gasteiger partial charge on any atom is -0.465 e. The molecule has 0 aliphatic rings. The van der Waals surface area contributed by atoms with Crippen molar-refractivity contribution in [3.05, 3.63) is 66.0 Å². The summed E-state index contributed by atoms with van der Waals surface area (Å²) in [7, 11) is 1.17. The van der Waals surface area contributed by atoms with E-state index in [1.54, 1.807) is 29.2 Å². The quantitative estimate of drug-likeness (QED) is 0.569. The van der Waals surface area contributed by atoms with Crippen molar-refractivity contribution in [2.24, 2.45) is 0 Å². The number of rotatable bonds is 6. The highest BCUT2D eigenvalue weighted by Crippen LogP contribution is 2.29. The molecule has 0 saturated carbocycles. The van der Waals surface area contributed by atoms with Crippen molar-refractivity contribution in [2.45, 2.75) is 20.1 Å². The van der Waals surface area contributed by atoms with Crippen LogP contribution in [0.5, 0.6) is 0 Å². The maximum atomic E-state index is 14.7. The van der Waals surface area contributed by atoms with Crippen LogP contribution >= 0.6 is 0 Å². The monoisotopic (exact) mass is 386 g/mol. The molecular weight excluding hydrogens is 366 g/mol. The van der Waals surface area contributed by atoms with Crippen LogP contribution in [-0.2, 0) is 9.47 Å². The molecule has 2 aromatic carbocycles. The Hall–Kier alpha value is -3.06. The normalized spacial score (nSPS) is 12.0. The SMILES string of the molecule is CCOC(C)n1cc(-c2ccc(-c3ccc(C(=O)OC)c(F)c3)c(F)c2)cn1. The van der Waals surface area contributed by atoms with Crippen molar-refractivity contribution in [3.8, 4) is 22.3 Å². The summed E-state index contributed by atoms with van der Waals surface area (Å²) in [4.78, 5) is 11.5. The summed E-state index contributed by atoms with van der Waals surface area (Å²) in [6.45, 7) is 4.33. The topological polar surface area (TPSA) is 53.4 Å². The van der Waals surface area contributed by atoms with Crippen molar-refractivity contribution < 1.29 is 23.0 Å². The first-order valence-electron chi connectivity index (χ1n) is 8.78. The molecule has 0 bridgehead atoms. The van der Waals surface area contributed by atoms with Gasteiger partial charge in [-0.2, -0.15) is 5.10 Å². The summed E-state index contributed by atoms with van der Waals surface area (Å²) >= 11 is 0. The summed E-state index contributed by atoms with van der Waals surface area (Å²) in [5.74, 6) is -2.05. The fourth-order valence-electron chi connectivity index (χ4n) is 2.89. The van der Waals surface area contributed by atoms with E-state index in [1.165, 1.54) is 25.3 Å². The molecule has 0 aliphatic carbocycles. The molecule has 0 aliphatic heterocycles. The van der Waals surface area contributed by atoms with E-state index in [0.717, 1.165) is 11.6 Å². The van der Waals surface area contributed by atoms with Crippen LogP contribution in [0.2, 0.25) is 0 Å². The molecule has 1 unspecified atom stereocenters. The van der Waals surface area contributed by atoms with Crippen molar-refractivity contribution in [3.63, 3.8) is 0 Å². The zero-order valence-electron chi connectivity index (χ0n) is 15.8. The summed E-state index contributed by atoms with van der Waals surface area (Å²) in [6.07, 6.45) is 3.19. The highest BCUT2D eigenvalue weighted by atomic mass is 19.1. The number of methoxy groups -OCH3 is 1. The molecule has 7 heteroatoms. The lowest BCUT2D eigenvalue weighted by molar-refractivity contribution is 0.0160. The van der Waals surface area contributed by atoms with Gasteiger partial charge < -0.3 is 9.47 Å². The number of halogens is 2. The zero-order valence-corrected chi connectivity index (χ0v) is 15.8. The first-order valence-corrected chi connectivity index (χ1v) is 8.78. The molecule has 1 aromatic heterocycles. The largest absolute Gasteiger partial charge is 0.465 e. The number of benzene rings is 2. The Balaban J connectivity index is 1.89. The third kappa shape index (κ3) is 3.94. The summed E-state index contributed by atoms with van der Waals surface area (Å²) in [6, 6.07) is 8.55. The number of ether oxygens (including phenoxy) is 2. The van der Waals surface area contributed by atoms with Crippen LogP contribution in [0.25, 0.3) is 22.3 Å². The first-order chi connectivity index (χ1) is 13.4. The predicted molar refractivity (Wildman–Crippen MR) is 101 cm³/mol. The molecule has 1 atom stereocenters. The fraction of sp³-hybridized carbons (Fsp3) is 0.238. The first kappa shape index (κ1) is 19.7. The molecule has 0 saturated heterocycles. The molecule has 0 fully saturated rings. The molecule has 3 rings (SSSR count). The third-order valence-corrected chi connectivity index (χ3v) is 4.37. The van der Waals surface area contributed by atoms with Crippen molar-refractivity contribution in [2.75, 3.05) is 13.7 Å². The highest BCUT2D eigenvalue weighted by Gasteiger charge is 2.15. The van der Waals surface area contributed by atoms with Gasteiger partial charge in [0.1, 0.15) is 17.9 Å². The number of hydrogen-bond acceptors (Lipinski definition) is 4. The maximum Gasteiger partial charge on any atom is 0.340 e. The molecule has 0 radical (unpaired) electrons. The second-order valence-corrected chi connectivity index (χ2v) is 6.14. The lowest BCUT2D eigenvalue weighted by atomic mass is 10.00. The second-order valence-electron chi connectivity index (χ2n) is 6.14. The van der Waals surface area contributed by atoms with Crippen molar-refractivity contribution in [1.82, 2.24) is 9.78 Å². The molecule has 5 nitrogen and oxygen atoms in total. The zero-order chi connectivity index (χ0) is 20.3. The van der Waals surface area contributed by atoms with E-state index in [-0.39, 0.29) is 17.4 Å². The molecular formula is C21H20F2N2O3. The molecule has 0 N–H and O–H groups in total. The van der Waals surface area contributed by atoms with Crippen LogP contribution in [0.15, 0.2) is 48.8 Å². The van der Waals surface area contributed by atoms with Gasteiger partial charge in [0.15, 0.2) is 0 Å². The average Bonchev–Trinajstić information content (AvgIpc) is 3.18. The van der Waals surface area contributed by atoms with E-state index in [1.807, 2.05) is 13.8 Å². The maximum absolute atomic E-state index is 14.7. The van der Waals surface area contributed by atoms with Crippen LogP contribution in [0.3, 0.4) is 0 Å². The summed E-state index contributed by atoms with van der Waals surface area (Å²) < 4.78 is 40.5. The van der Waals surface area contributed by atoms with Gasteiger partial charge in [0.25, 0.3) is 0 Å². The van der Waals surface area contributed by atoms with Crippen LogP contribution in [-0.4, -0.2) is 29.5 Å². The minimum absolute atomic E-state index is 0.195. The van der Waals surface area contributed by atoms with Gasteiger partial charge in [-0.05, 0) is 43.2 Å². The lowest BCUT2D eigenvalue weighted by Gasteiger charge is -2.11. The Morgan fingerprint density at radius 3 is 2.46 bits per heavy atom. The molecule has 0 spiro atoms. The molecule has 28 heavy (non-hydrogen) atoms. The highest BCUT2D eigenvalue weighted by molar-refractivity contribution is 5.90. The van der Waals surface area contributed by atoms with Crippen LogP contribution in [0.1, 0.15) is 30.4 Å². The predicted octanol–water partition coefficient (Wildman–Crippen LogP) is 4.84. The van der Waals surface area contributed by atoms with E-state index in [9.17, 15) is 13.6 Å². The smallest absolute Gasteiger partial charge is 0.340 e. The average molecular weight is 386 g/mol. The Morgan fingerprint density at radius 2 is 1.82 bits per heavy atom. The Labute approximate surface area is 161 Å². The summed E-state index contributed by atoms with van der Waals surface area (Å²) in [5.41, 5.74) is 1.75. The molecule has 3 aromatic rings. The molecule has 146 valence electrons. The van der Waals surface area contributed by atoms with Gasteiger partial charge >= 0.3 is 5.97 Å². The van der Waals surface area contributed by atoms with E-state index in [0.29, 0.717) is 17.7 Å². The Kier molecular flexibility index (Phi) is 5.84. The number of hydrogen-bond donors (Lipinski definition) is 0. The number of nitrogens with zero attached hydrogens (tertiary/aromatic N) is 2. The van der Waals surface area contributed by atoms with Gasteiger partial charge in [-0.3, -0.25) is 0 Å². The van der Waals surface area contributed by atoms with E-state index < -0.39 is 17.6 Å². The third-order valence-electron chi connectivity index (χ3n) is 4.37. The van der Waals surface area contributed by atoms with Crippen LogP contribution < -0.4 is 0 Å². The minimum atomic E-state index is -0.779. The molecule has 0 amide bonds. The standard InChI is InChI=1S/C21H20F2N2O3/c1-4-28-13(2)25-12-16(11-24-25)14-5-7-17(19(22)9-14)15-6-8-18(20(23)10-15)21(26)27-3/h5-13H,4H2,1-3H3. The van der Waals surface area contributed by atoms with Crippen LogP contribution in [0, 0.1) is 11.6 Å². The Bertz CT molecular complexity index is 1000. The summed E-state index contributed by atoms with van der Waals surface area (Å²) in [5, 5.41) is 4.24. The van der Waals surface area contributed by atoms with Gasteiger partial charge in [-0.25, -0.2) is 18.3 Å². The van der Waals surface area contributed by atoms with Gasteiger partial charge in [-0.15, -0.1) is 0 Å². The van der Waals surface area contributed by atoms with Crippen LogP contribution in [0.4, 0.5) is 8.78 Å². The number of carbonyl (C=O) groups is 1.